The van der Waals surface area contributed by atoms with E-state index in [4.69, 9.17) is 4.74 Å². The minimum absolute atomic E-state index is 0.567. The number of nitrogens with one attached hydrogen (secondary N) is 1. The number of hydrogen-bond donors (Lipinski definition) is 1. The standard InChI is InChI=1S/C15H23BrN6O/c1-10-8-12(10)19-14(17-2)21-4-6-22(7-5-21)15-18-9-11(16)13(20-15)23-3/h9-10,12H,4-8H2,1-3H3,(H,17,19). The lowest BCUT2D eigenvalue weighted by molar-refractivity contribution is 0.365. The second kappa shape index (κ2) is 6.90. The molecular formula is C15H23BrN6O. The molecule has 2 atom stereocenters. The van der Waals surface area contributed by atoms with Gasteiger partial charge in [0, 0.05) is 39.3 Å². The van der Waals surface area contributed by atoms with Crippen molar-refractivity contribution in [3.05, 3.63) is 10.7 Å². The molecule has 23 heavy (non-hydrogen) atoms. The van der Waals surface area contributed by atoms with E-state index >= 15 is 0 Å². The van der Waals surface area contributed by atoms with Crippen LogP contribution in [0.3, 0.4) is 0 Å². The number of anilines is 1. The van der Waals surface area contributed by atoms with Crippen molar-refractivity contribution in [2.45, 2.75) is 19.4 Å². The Morgan fingerprint density at radius 3 is 2.65 bits per heavy atom. The van der Waals surface area contributed by atoms with Crippen molar-refractivity contribution in [3.63, 3.8) is 0 Å². The molecule has 0 aromatic carbocycles. The molecule has 1 N–H and O–H groups in total. The highest BCUT2D eigenvalue weighted by Gasteiger charge is 2.34. The van der Waals surface area contributed by atoms with E-state index in [2.05, 4.69) is 52.9 Å². The summed E-state index contributed by atoms with van der Waals surface area (Å²) in [6, 6.07) is 0.589. The van der Waals surface area contributed by atoms with Crippen molar-refractivity contribution in [1.82, 2.24) is 20.2 Å². The Balaban J connectivity index is 1.59. The molecule has 126 valence electrons. The predicted octanol–water partition coefficient (Wildman–Crippen LogP) is 1.35. The molecule has 1 aromatic heterocycles. The Bertz CT molecular complexity index is 587. The van der Waals surface area contributed by atoms with E-state index in [0.29, 0.717) is 17.9 Å². The van der Waals surface area contributed by atoms with Gasteiger partial charge in [-0.2, -0.15) is 4.98 Å². The third kappa shape index (κ3) is 3.68. The largest absolute Gasteiger partial charge is 0.480 e. The van der Waals surface area contributed by atoms with Crippen LogP contribution in [0.2, 0.25) is 0 Å². The summed E-state index contributed by atoms with van der Waals surface area (Å²) < 4.78 is 6.02. The first kappa shape index (κ1) is 16.3. The van der Waals surface area contributed by atoms with E-state index in [9.17, 15) is 0 Å². The number of aliphatic imine (C=N–C) groups is 1. The highest BCUT2D eigenvalue weighted by molar-refractivity contribution is 9.10. The van der Waals surface area contributed by atoms with E-state index < -0.39 is 0 Å². The summed E-state index contributed by atoms with van der Waals surface area (Å²) in [6.45, 7) is 5.81. The van der Waals surface area contributed by atoms with Crippen molar-refractivity contribution >= 4 is 27.8 Å². The molecule has 2 heterocycles. The lowest BCUT2D eigenvalue weighted by atomic mass is 10.3. The molecule has 8 heteroatoms. The topological polar surface area (TPSA) is 65.9 Å². The van der Waals surface area contributed by atoms with Crippen LogP contribution in [0.15, 0.2) is 15.7 Å². The van der Waals surface area contributed by atoms with Crippen molar-refractivity contribution < 1.29 is 4.74 Å². The fourth-order valence-electron chi connectivity index (χ4n) is 2.74. The summed E-state index contributed by atoms with van der Waals surface area (Å²) in [7, 11) is 3.47. The van der Waals surface area contributed by atoms with Gasteiger partial charge in [-0.3, -0.25) is 4.99 Å². The minimum atomic E-state index is 0.567. The summed E-state index contributed by atoms with van der Waals surface area (Å²) in [5.74, 6) is 3.05. The summed E-state index contributed by atoms with van der Waals surface area (Å²) in [6.07, 6.45) is 2.98. The van der Waals surface area contributed by atoms with Crippen LogP contribution >= 0.6 is 15.9 Å². The van der Waals surface area contributed by atoms with Crippen LogP contribution in [0.25, 0.3) is 0 Å². The van der Waals surface area contributed by atoms with E-state index in [1.165, 1.54) is 6.42 Å². The van der Waals surface area contributed by atoms with Crippen molar-refractivity contribution in [2.75, 3.05) is 45.2 Å². The van der Waals surface area contributed by atoms with Gasteiger partial charge in [0.25, 0.3) is 0 Å². The summed E-state index contributed by atoms with van der Waals surface area (Å²) in [5.41, 5.74) is 0. The van der Waals surface area contributed by atoms with Gasteiger partial charge in [-0.15, -0.1) is 0 Å². The number of guanidine groups is 1. The number of nitrogens with zero attached hydrogens (tertiary/aromatic N) is 5. The van der Waals surface area contributed by atoms with Gasteiger partial charge in [0.15, 0.2) is 5.96 Å². The van der Waals surface area contributed by atoms with Crippen LogP contribution in [0.1, 0.15) is 13.3 Å². The molecule has 2 aliphatic rings. The zero-order chi connectivity index (χ0) is 16.4. The number of methoxy groups -OCH3 is 1. The minimum Gasteiger partial charge on any atom is -0.480 e. The van der Waals surface area contributed by atoms with E-state index in [1.54, 1.807) is 13.3 Å². The Morgan fingerprint density at radius 2 is 2.09 bits per heavy atom. The molecule has 1 saturated carbocycles. The molecule has 0 amide bonds. The van der Waals surface area contributed by atoms with Crippen LogP contribution < -0.4 is 15.0 Å². The number of halogens is 1. The van der Waals surface area contributed by atoms with Crippen LogP contribution in [0, 0.1) is 5.92 Å². The van der Waals surface area contributed by atoms with Crippen LogP contribution in [-0.2, 0) is 0 Å². The number of ether oxygens (including phenoxy) is 1. The molecule has 1 saturated heterocycles. The highest BCUT2D eigenvalue weighted by atomic mass is 79.9. The average Bonchev–Trinajstić information content (AvgIpc) is 3.28. The molecule has 7 nitrogen and oxygen atoms in total. The maximum Gasteiger partial charge on any atom is 0.232 e. The molecule has 1 aromatic rings. The van der Waals surface area contributed by atoms with Gasteiger partial charge in [0.2, 0.25) is 11.8 Å². The monoisotopic (exact) mass is 382 g/mol. The van der Waals surface area contributed by atoms with Crippen LogP contribution in [0.4, 0.5) is 5.95 Å². The first-order valence-corrected chi connectivity index (χ1v) is 8.71. The van der Waals surface area contributed by atoms with Crippen LogP contribution in [0.5, 0.6) is 5.88 Å². The van der Waals surface area contributed by atoms with E-state index in [0.717, 1.165) is 42.5 Å². The molecule has 2 unspecified atom stereocenters. The second-order valence-corrected chi connectivity index (χ2v) is 6.87. The van der Waals surface area contributed by atoms with Gasteiger partial charge in [-0.05, 0) is 28.3 Å². The second-order valence-electron chi connectivity index (χ2n) is 6.01. The van der Waals surface area contributed by atoms with Crippen LogP contribution in [-0.4, -0.2) is 67.2 Å². The summed E-state index contributed by atoms with van der Waals surface area (Å²) >= 11 is 3.39. The molecule has 3 rings (SSSR count). The van der Waals surface area contributed by atoms with Gasteiger partial charge in [-0.1, -0.05) is 6.92 Å². The fraction of sp³-hybridized carbons (Fsp3) is 0.667. The highest BCUT2D eigenvalue weighted by Crippen LogP contribution is 2.29. The summed E-state index contributed by atoms with van der Waals surface area (Å²) in [4.78, 5) is 17.7. The molecule has 0 spiro atoms. The van der Waals surface area contributed by atoms with E-state index in [-0.39, 0.29) is 0 Å². The fourth-order valence-corrected chi connectivity index (χ4v) is 3.10. The Labute approximate surface area is 145 Å². The molecule has 1 aliphatic carbocycles. The summed E-state index contributed by atoms with van der Waals surface area (Å²) in [5, 5.41) is 3.54. The molecular weight excluding hydrogens is 360 g/mol. The van der Waals surface area contributed by atoms with Gasteiger partial charge in [-0.25, -0.2) is 4.98 Å². The molecule has 0 radical (unpaired) electrons. The lowest BCUT2D eigenvalue weighted by Gasteiger charge is -2.36. The molecule has 0 bridgehead atoms. The number of rotatable bonds is 3. The lowest BCUT2D eigenvalue weighted by Crippen LogP contribution is -2.53. The Hall–Kier alpha value is -1.57. The van der Waals surface area contributed by atoms with Gasteiger partial charge in [0.05, 0.1) is 17.8 Å². The third-order valence-corrected chi connectivity index (χ3v) is 4.93. The van der Waals surface area contributed by atoms with Crippen molar-refractivity contribution in [3.8, 4) is 5.88 Å². The van der Waals surface area contributed by atoms with E-state index in [1.807, 2.05) is 7.05 Å². The average molecular weight is 383 g/mol. The Kier molecular flexibility index (Phi) is 4.89. The molecule has 2 fully saturated rings. The first-order chi connectivity index (χ1) is 11.1. The molecule has 1 aliphatic heterocycles. The quantitative estimate of drug-likeness (QED) is 0.628. The van der Waals surface area contributed by atoms with Gasteiger partial charge < -0.3 is 19.9 Å². The maximum atomic E-state index is 5.25. The van der Waals surface area contributed by atoms with Crippen molar-refractivity contribution in [1.29, 1.82) is 0 Å². The third-order valence-electron chi connectivity index (χ3n) is 4.39. The van der Waals surface area contributed by atoms with Gasteiger partial charge in [0.1, 0.15) is 0 Å². The smallest absolute Gasteiger partial charge is 0.232 e. The predicted molar refractivity (Wildman–Crippen MR) is 94.1 cm³/mol. The normalized spacial score (nSPS) is 24.6. The maximum absolute atomic E-state index is 5.25. The zero-order valence-corrected chi connectivity index (χ0v) is 15.4. The number of hydrogen-bond acceptors (Lipinski definition) is 5. The SMILES string of the molecule is CN=C(NC1CC1C)N1CCN(c2ncc(Br)c(OC)n2)CC1. The zero-order valence-electron chi connectivity index (χ0n) is 13.8. The van der Waals surface area contributed by atoms with Crippen molar-refractivity contribution in [2.24, 2.45) is 10.9 Å². The first-order valence-electron chi connectivity index (χ1n) is 7.92. The Morgan fingerprint density at radius 1 is 1.39 bits per heavy atom. The number of piperazine rings is 1. The van der Waals surface area contributed by atoms with Gasteiger partial charge >= 0.3 is 0 Å². The number of aromatic nitrogens is 2.